The van der Waals surface area contributed by atoms with Gasteiger partial charge in [-0.05, 0) is 125 Å². The molecule has 0 radical (unpaired) electrons. The van der Waals surface area contributed by atoms with E-state index in [1.165, 1.54) is 52.8 Å². The van der Waals surface area contributed by atoms with E-state index < -0.39 is 63.9 Å². The van der Waals surface area contributed by atoms with Gasteiger partial charge in [-0.2, -0.15) is 8.59 Å². The van der Waals surface area contributed by atoms with Gasteiger partial charge in [0.1, 0.15) is 21.3 Å². The van der Waals surface area contributed by atoms with E-state index in [0.717, 1.165) is 49.5 Å². The Morgan fingerprint density at radius 3 is 2.13 bits per heavy atom. The van der Waals surface area contributed by atoms with Gasteiger partial charge in [0.05, 0.1) is 52.8 Å². The number of anilines is 6. The van der Waals surface area contributed by atoms with Gasteiger partial charge in [0.25, 0.3) is 10.0 Å². The van der Waals surface area contributed by atoms with Gasteiger partial charge in [0, 0.05) is 41.6 Å². The Bertz CT molecular complexity index is 3020. The van der Waals surface area contributed by atoms with Crippen LogP contribution in [0.2, 0.25) is 0 Å². The molecular weight excluding hydrogens is 955 g/mol. The number of morpholine rings is 1. The van der Waals surface area contributed by atoms with Gasteiger partial charge in [-0.1, -0.05) is 37.5 Å². The first-order valence-electron chi connectivity index (χ1n) is 22.2. The van der Waals surface area contributed by atoms with Gasteiger partial charge in [-0.15, -0.1) is 0 Å². The molecule has 7 rings (SSSR count). The maximum Gasteiger partial charge on any atom is 0.264 e. The quantitative estimate of drug-likeness (QED) is 0.0250. The number of fused-ring (bicyclic) bond motifs is 1. The minimum Gasteiger partial charge on any atom is -0.506 e. The number of aryl methyl sites for hydroxylation is 1. The van der Waals surface area contributed by atoms with Crippen LogP contribution in [0.15, 0.2) is 93.5 Å². The van der Waals surface area contributed by atoms with E-state index in [2.05, 4.69) is 25.8 Å². The number of aromatic hydroxyl groups is 2. The van der Waals surface area contributed by atoms with Gasteiger partial charge >= 0.3 is 0 Å². The molecule has 0 spiro atoms. The molecule has 1 saturated heterocycles. The Hall–Kier alpha value is -5.36. The van der Waals surface area contributed by atoms with E-state index >= 15 is 0 Å². The highest BCUT2D eigenvalue weighted by Gasteiger charge is 2.34. The molecule has 7 N–H and O–H groups in total. The fraction of sp³-hybridized carbons (Fsp3) is 0.391. The van der Waals surface area contributed by atoms with Crippen LogP contribution in [0.3, 0.4) is 0 Å². The molecule has 0 aromatic heterocycles. The third kappa shape index (κ3) is 11.4. The Morgan fingerprint density at radius 2 is 1.46 bits per heavy atom. The van der Waals surface area contributed by atoms with Crippen molar-refractivity contribution >= 4 is 86.0 Å². The average Bonchev–Trinajstić information content (AvgIpc) is 3.28. The lowest BCUT2D eigenvalue weighted by atomic mass is 9.82. The molecule has 1 aliphatic carbocycles. The van der Waals surface area contributed by atoms with Crippen molar-refractivity contribution in [2.45, 2.75) is 99.4 Å². The maximum absolute atomic E-state index is 14.6. The van der Waals surface area contributed by atoms with Gasteiger partial charge in [0.2, 0.25) is 31.1 Å². The van der Waals surface area contributed by atoms with Crippen LogP contribution in [0.1, 0.15) is 76.8 Å². The lowest BCUT2D eigenvalue weighted by Crippen LogP contribution is -2.42. The van der Waals surface area contributed by atoms with Crippen molar-refractivity contribution in [1.29, 1.82) is 0 Å². The van der Waals surface area contributed by atoms with Crippen molar-refractivity contribution in [3.05, 3.63) is 90.0 Å². The molecule has 1 heterocycles. The Morgan fingerprint density at radius 1 is 0.765 bits per heavy atom. The van der Waals surface area contributed by atoms with Gasteiger partial charge < -0.3 is 30.7 Å². The number of hydrazine groups is 1. The van der Waals surface area contributed by atoms with Gasteiger partial charge in [-0.3, -0.25) is 14.9 Å². The molecule has 5 aromatic carbocycles. The third-order valence-electron chi connectivity index (χ3n) is 11.8. The standard InChI is InChI=1S/C46H59N7O11S4/c1-29(2)53(30(3)4)68(61,62)44-28-40(45-36(46(44)55)16-11-17-38(45)49-64-65(56)35-15-10-14-34(25-35)50-66(6,57)58)48-47-33-18-19-41(52-20-22-63-23-21-52)43(26-33)67(59,60)51-39-27-37(31(5)24-42(39)54)32-12-8-7-9-13-32/h10-11,14-19,24-30,32,47-51,54-55H,7-9,12-13,20-23H2,1-6H3. The van der Waals surface area contributed by atoms with Crippen LogP contribution < -0.4 is 30.7 Å². The smallest absolute Gasteiger partial charge is 0.264 e. The first kappa shape index (κ1) is 50.5. The predicted molar refractivity (Wildman–Crippen MR) is 267 cm³/mol. The number of sulfonamides is 3. The summed E-state index contributed by atoms with van der Waals surface area (Å²) < 4.78 is 113. The molecule has 68 heavy (non-hydrogen) atoms. The summed E-state index contributed by atoms with van der Waals surface area (Å²) in [5, 5.41) is 23.1. The number of hydrogen-bond acceptors (Lipinski definition) is 15. The molecule has 0 amide bonds. The monoisotopic (exact) mass is 1010 g/mol. The second kappa shape index (κ2) is 20.7. The van der Waals surface area contributed by atoms with Crippen LogP contribution in [-0.4, -0.2) is 88.6 Å². The molecule has 1 saturated carbocycles. The number of phenolic OH excluding ortho intramolecular Hbond substituents is 2. The molecule has 22 heteroatoms. The van der Waals surface area contributed by atoms with Crippen molar-refractivity contribution in [2.75, 3.05) is 63.2 Å². The predicted octanol–water partition coefficient (Wildman–Crippen LogP) is 7.93. The number of rotatable bonds is 18. The second-order valence-electron chi connectivity index (χ2n) is 17.5. The first-order valence-corrected chi connectivity index (χ1v) is 28.1. The summed E-state index contributed by atoms with van der Waals surface area (Å²) in [4.78, 5) is 1.47. The Balaban J connectivity index is 1.28. The summed E-state index contributed by atoms with van der Waals surface area (Å²) >= 11 is -2.22. The lowest BCUT2D eigenvalue weighted by Gasteiger charge is -2.31. The van der Waals surface area contributed by atoms with Crippen LogP contribution in [0.4, 0.5) is 34.1 Å². The highest BCUT2D eigenvalue weighted by Crippen LogP contribution is 2.44. The van der Waals surface area contributed by atoms with E-state index in [0.29, 0.717) is 32.0 Å². The molecule has 5 aromatic rings. The number of nitrogens with zero attached hydrogens (tertiary/aromatic N) is 2. The van der Waals surface area contributed by atoms with E-state index in [1.807, 2.05) is 11.8 Å². The summed E-state index contributed by atoms with van der Waals surface area (Å²) in [6.07, 6.45) is 6.23. The zero-order chi connectivity index (χ0) is 49.1. The number of hydrogen-bond donors (Lipinski definition) is 7. The van der Waals surface area contributed by atoms with Crippen LogP contribution in [0.5, 0.6) is 11.5 Å². The van der Waals surface area contributed by atoms with Gasteiger partial charge in [-0.25, -0.2) is 29.5 Å². The molecule has 1 atom stereocenters. The van der Waals surface area contributed by atoms with Crippen molar-refractivity contribution < 1.29 is 48.7 Å². The van der Waals surface area contributed by atoms with Crippen molar-refractivity contribution in [2.24, 2.45) is 0 Å². The molecule has 2 fully saturated rings. The zero-order valence-electron chi connectivity index (χ0n) is 38.7. The Kier molecular flexibility index (Phi) is 15.4. The zero-order valence-corrected chi connectivity index (χ0v) is 42.0. The molecule has 368 valence electrons. The van der Waals surface area contributed by atoms with E-state index in [1.54, 1.807) is 58.0 Å². The molecule has 18 nitrogen and oxygen atoms in total. The second-order valence-corrected chi connectivity index (χ2v) is 23.9. The normalized spacial score (nSPS) is 15.8. The number of phenols is 2. The topological polar surface area (TPSA) is 245 Å². The first-order chi connectivity index (χ1) is 32.1. The average molecular weight is 1010 g/mol. The fourth-order valence-electron chi connectivity index (χ4n) is 8.95. The van der Waals surface area contributed by atoms with Crippen molar-refractivity contribution in [3.8, 4) is 11.5 Å². The van der Waals surface area contributed by atoms with E-state index in [4.69, 9.17) is 9.02 Å². The molecular formula is C46H59N7O11S4. The van der Waals surface area contributed by atoms with Crippen molar-refractivity contribution in [1.82, 2.24) is 4.31 Å². The third-order valence-corrected chi connectivity index (χ3v) is 17.0. The Labute approximate surface area is 401 Å². The molecule has 0 bridgehead atoms. The molecule has 1 aliphatic heterocycles. The fourth-order valence-corrected chi connectivity index (χ4v) is 13.5. The largest absolute Gasteiger partial charge is 0.506 e. The number of ether oxygens (including phenoxy) is 1. The molecule has 2 aliphatic rings. The molecule has 1 unspecified atom stereocenters. The summed E-state index contributed by atoms with van der Waals surface area (Å²) in [5.41, 5.74) is 11.7. The summed E-state index contributed by atoms with van der Waals surface area (Å²) in [5.74, 6) is -0.530. The van der Waals surface area contributed by atoms with E-state index in [-0.39, 0.29) is 60.7 Å². The van der Waals surface area contributed by atoms with E-state index in [9.17, 15) is 39.7 Å². The van der Waals surface area contributed by atoms with Crippen LogP contribution in [0.25, 0.3) is 10.8 Å². The van der Waals surface area contributed by atoms with Crippen LogP contribution >= 0.6 is 0 Å². The number of nitrogens with one attached hydrogen (secondary N) is 5. The van der Waals surface area contributed by atoms with Gasteiger partial charge in [0.15, 0.2) is 0 Å². The summed E-state index contributed by atoms with van der Waals surface area (Å²) in [6, 6.07) is 18.7. The SMILES string of the molecule is Cc1cc(O)c(NS(=O)(=O)c2cc(NNc3cc(S(=O)(=O)N(C(C)C)C(C)C)c(O)c4cccc(NOS(=O)c5cccc(NS(C)(=O)=O)c5)c34)ccc2N2CCOCC2)cc1C1CCCCC1. The summed E-state index contributed by atoms with van der Waals surface area (Å²) in [7, 11) is -12.4. The minimum absolute atomic E-state index is 0.0576. The highest BCUT2D eigenvalue weighted by molar-refractivity contribution is 7.93. The minimum atomic E-state index is -4.40. The lowest BCUT2D eigenvalue weighted by molar-refractivity contribution is 0.122. The van der Waals surface area contributed by atoms with Crippen LogP contribution in [-0.2, 0) is 50.2 Å². The highest BCUT2D eigenvalue weighted by atomic mass is 32.2. The summed E-state index contributed by atoms with van der Waals surface area (Å²) in [6.45, 7) is 10.4. The maximum atomic E-state index is 14.6. The number of benzene rings is 5. The van der Waals surface area contributed by atoms with Crippen molar-refractivity contribution in [3.63, 3.8) is 0 Å². The van der Waals surface area contributed by atoms with Crippen LogP contribution in [0, 0.1) is 6.92 Å².